The molecule has 0 aliphatic carbocycles. The van der Waals surface area contributed by atoms with Gasteiger partial charge in [0.05, 0.1) is 5.52 Å². The van der Waals surface area contributed by atoms with Gasteiger partial charge in [0.1, 0.15) is 0 Å². The van der Waals surface area contributed by atoms with Gasteiger partial charge in [-0.15, -0.1) is 0 Å². The summed E-state index contributed by atoms with van der Waals surface area (Å²) in [6, 6.07) is 8.53. The van der Waals surface area contributed by atoms with E-state index in [-0.39, 0.29) is 5.41 Å². The van der Waals surface area contributed by atoms with Gasteiger partial charge in [0.25, 0.3) is 0 Å². The molecule has 0 aliphatic heterocycles. The van der Waals surface area contributed by atoms with Crippen molar-refractivity contribution in [1.29, 1.82) is 0 Å². The maximum atomic E-state index is 4.42. The Morgan fingerprint density at radius 1 is 1.24 bits per heavy atom. The van der Waals surface area contributed by atoms with Gasteiger partial charge < -0.3 is 0 Å². The smallest absolute Gasteiger partial charge is 0.0705 e. The number of halogens is 1. The SMILES string of the molecule is CC(C)(C)c1ccnc2ccc(CNBr)cc12. The molecular formula is C14H17BrN2. The molecule has 17 heavy (non-hydrogen) atoms. The maximum absolute atomic E-state index is 4.42. The summed E-state index contributed by atoms with van der Waals surface area (Å²) in [6.45, 7) is 7.51. The van der Waals surface area contributed by atoms with Gasteiger partial charge in [0.15, 0.2) is 0 Å². The third kappa shape index (κ3) is 2.67. The quantitative estimate of drug-likeness (QED) is 0.849. The predicted octanol–water partition coefficient (Wildman–Crippen LogP) is 3.93. The number of nitrogens with zero attached hydrogens (tertiary/aromatic N) is 1. The molecule has 2 rings (SSSR count). The van der Waals surface area contributed by atoms with Crippen LogP contribution in [-0.4, -0.2) is 4.98 Å². The van der Waals surface area contributed by atoms with Gasteiger partial charge in [0.2, 0.25) is 0 Å². The Morgan fingerprint density at radius 3 is 2.65 bits per heavy atom. The van der Waals surface area contributed by atoms with E-state index in [9.17, 15) is 0 Å². The number of benzene rings is 1. The molecule has 0 fully saturated rings. The van der Waals surface area contributed by atoms with Crippen molar-refractivity contribution in [2.75, 3.05) is 0 Å². The fraction of sp³-hybridized carbons (Fsp3) is 0.357. The Bertz CT molecular complexity index is 529. The first-order valence-electron chi connectivity index (χ1n) is 5.74. The summed E-state index contributed by atoms with van der Waals surface area (Å²) in [5, 5.41) is 1.25. The zero-order chi connectivity index (χ0) is 12.5. The van der Waals surface area contributed by atoms with Crippen molar-refractivity contribution in [3.05, 3.63) is 41.6 Å². The first-order valence-corrected chi connectivity index (χ1v) is 6.53. The summed E-state index contributed by atoms with van der Waals surface area (Å²) in [5.41, 5.74) is 3.81. The van der Waals surface area contributed by atoms with Crippen LogP contribution in [0.5, 0.6) is 0 Å². The molecule has 1 aromatic heterocycles. The zero-order valence-electron chi connectivity index (χ0n) is 10.4. The number of rotatable bonds is 2. The molecule has 0 saturated carbocycles. The van der Waals surface area contributed by atoms with Crippen LogP contribution in [-0.2, 0) is 12.0 Å². The Hall–Kier alpha value is -0.930. The largest absolute Gasteiger partial charge is 0.256 e. The molecule has 0 spiro atoms. The van der Waals surface area contributed by atoms with Gasteiger partial charge in [-0.25, -0.2) is 0 Å². The minimum absolute atomic E-state index is 0.141. The number of pyridine rings is 1. The van der Waals surface area contributed by atoms with Crippen molar-refractivity contribution in [2.45, 2.75) is 32.7 Å². The summed E-state index contributed by atoms with van der Waals surface area (Å²) < 4.78 is 3.00. The summed E-state index contributed by atoms with van der Waals surface area (Å²) in [6.07, 6.45) is 1.89. The fourth-order valence-electron chi connectivity index (χ4n) is 2.03. The minimum Gasteiger partial charge on any atom is -0.256 e. The van der Waals surface area contributed by atoms with Crippen molar-refractivity contribution >= 4 is 27.1 Å². The molecule has 0 radical (unpaired) electrons. The van der Waals surface area contributed by atoms with Crippen molar-refractivity contribution in [3.8, 4) is 0 Å². The van der Waals surface area contributed by atoms with Crippen molar-refractivity contribution in [3.63, 3.8) is 0 Å². The standard InChI is InChI=1S/C14H17BrN2/c1-14(2,3)12-6-7-16-13-5-4-10(9-17-15)8-11(12)13/h4-8,17H,9H2,1-3H3. The molecule has 0 atom stereocenters. The second-order valence-corrected chi connectivity index (χ2v) is 5.83. The van der Waals surface area contributed by atoms with E-state index in [1.54, 1.807) is 0 Å². The highest BCUT2D eigenvalue weighted by atomic mass is 79.9. The van der Waals surface area contributed by atoms with Crippen molar-refractivity contribution in [2.24, 2.45) is 0 Å². The number of aromatic nitrogens is 1. The van der Waals surface area contributed by atoms with Crippen LogP contribution in [0.1, 0.15) is 31.9 Å². The van der Waals surface area contributed by atoms with Crippen molar-refractivity contribution < 1.29 is 0 Å². The van der Waals surface area contributed by atoms with Crippen LogP contribution in [0.25, 0.3) is 10.9 Å². The fourth-order valence-corrected chi connectivity index (χ4v) is 2.36. The lowest BCUT2D eigenvalue weighted by Gasteiger charge is -2.21. The van der Waals surface area contributed by atoms with Crippen molar-refractivity contribution in [1.82, 2.24) is 9.33 Å². The van der Waals surface area contributed by atoms with E-state index in [0.717, 1.165) is 12.1 Å². The number of hydrogen-bond donors (Lipinski definition) is 1. The van der Waals surface area contributed by atoms with Crippen LogP contribution >= 0.6 is 16.1 Å². The predicted molar refractivity (Wildman–Crippen MR) is 76.2 cm³/mol. The van der Waals surface area contributed by atoms with E-state index in [0.29, 0.717) is 0 Å². The van der Waals surface area contributed by atoms with Gasteiger partial charge in [-0.1, -0.05) is 26.8 Å². The molecular weight excluding hydrogens is 276 g/mol. The molecule has 0 unspecified atom stereocenters. The molecule has 0 saturated heterocycles. The molecule has 0 amide bonds. The highest BCUT2D eigenvalue weighted by Gasteiger charge is 2.16. The number of fused-ring (bicyclic) bond motifs is 1. The second kappa shape index (κ2) is 4.75. The molecule has 2 aromatic rings. The summed E-state index contributed by atoms with van der Waals surface area (Å²) in [4.78, 5) is 4.42. The molecule has 1 aromatic carbocycles. The molecule has 90 valence electrons. The average Bonchev–Trinajstić information content (AvgIpc) is 2.27. The lowest BCUT2D eigenvalue weighted by Crippen LogP contribution is -2.12. The molecule has 0 aliphatic rings. The lowest BCUT2D eigenvalue weighted by molar-refractivity contribution is 0.595. The van der Waals surface area contributed by atoms with Gasteiger partial charge >= 0.3 is 0 Å². The summed E-state index contributed by atoms with van der Waals surface area (Å²) in [7, 11) is 0. The summed E-state index contributed by atoms with van der Waals surface area (Å²) >= 11 is 3.24. The first kappa shape index (κ1) is 12.5. The highest BCUT2D eigenvalue weighted by Crippen LogP contribution is 2.29. The molecule has 0 bridgehead atoms. The molecule has 1 N–H and O–H groups in total. The summed E-state index contributed by atoms with van der Waals surface area (Å²) in [5.74, 6) is 0. The molecule has 3 heteroatoms. The third-order valence-electron chi connectivity index (χ3n) is 2.88. The van der Waals surface area contributed by atoms with E-state index in [1.807, 2.05) is 6.20 Å². The van der Waals surface area contributed by atoms with E-state index in [1.165, 1.54) is 16.5 Å². The van der Waals surface area contributed by atoms with Gasteiger partial charge in [-0.2, -0.15) is 0 Å². The topological polar surface area (TPSA) is 24.9 Å². The minimum atomic E-state index is 0.141. The average molecular weight is 293 g/mol. The van der Waals surface area contributed by atoms with Gasteiger partial charge in [-0.05, 0) is 34.7 Å². The Balaban J connectivity index is 2.64. The van der Waals surface area contributed by atoms with E-state index in [4.69, 9.17) is 0 Å². The monoisotopic (exact) mass is 292 g/mol. The van der Waals surface area contributed by atoms with E-state index < -0.39 is 0 Å². The maximum Gasteiger partial charge on any atom is 0.0705 e. The van der Waals surface area contributed by atoms with Crippen LogP contribution in [0.4, 0.5) is 0 Å². The number of hydrogen-bond acceptors (Lipinski definition) is 2. The molecule has 2 nitrogen and oxygen atoms in total. The van der Waals surface area contributed by atoms with Crippen LogP contribution in [0.3, 0.4) is 0 Å². The lowest BCUT2D eigenvalue weighted by atomic mass is 9.84. The molecule has 1 heterocycles. The highest BCUT2D eigenvalue weighted by molar-refractivity contribution is 9.08. The van der Waals surface area contributed by atoms with Crippen LogP contribution in [0.15, 0.2) is 30.5 Å². The Kier molecular flexibility index (Phi) is 3.50. The Morgan fingerprint density at radius 2 is 2.00 bits per heavy atom. The van der Waals surface area contributed by atoms with E-state index >= 15 is 0 Å². The van der Waals surface area contributed by atoms with Crippen LogP contribution in [0, 0.1) is 0 Å². The second-order valence-electron chi connectivity index (χ2n) is 5.27. The van der Waals surface area contributed by atoms with Gasteiger partial charge in [0, 0.05) is 34.3 Å². The van der Waals surface area contributed by atoms with Crippen LogP contribution < -0.4 is 4.34 Å². The van der Waals surface area contributed by atoms with Gasteiger partial charge in [-0.3, -0.25) is 9.33 Å². The third-order valence-corrected chi connectivity index (χ3v) is 3.17. The van der Waals surface area contributed by atoms with E-state index in [2.05, 4.69) is 70.5 Å². The first-order chi connectivity index (χ1) is 8.02. The zero-order valence-corrected chi connectivity index (χ0v) is 12.0. The normalized spacial score (nSPS) is 12.0. The van der Waals surface area contributed by atoms with Crippen LogP contribution in [0.2, 0.25) is 0 Å². The Labute approximate surface area is 111 Å². The number of nitrogens with one attached hydrogen (secondary N) is 1.